The van der Waals surface area contributed by atoms with Gasteiger partial charge in [-0.2, -0.15) is 0 Å². The molecule has 1 amide bonds. The number of aliphatic hydroxyl groups excluding tert-OH is 2. The average Bonchev–Trinajstić information content (AvgIpc) is 2.75. The number of ketones is 2. The molecular weight excluding hydrogens is 466 g/mol. The van der Waals surface area contributed by atoms with Crippen molar-refractivity contribution in [3.63, 3.8) is 0 Å². The third kappa shape index (κ3) is 3.31. The highest BCUT2D eigenvalue weighted by atomic mass is 16.3. The standard InChI is InChI=1S/C26H33N3O7/c1-25(2,3)14-8-11(9-27)12-6-10-7-13-18(29(4)5)21(32)17(24(28)35)23(34)26(13,36)22(33)15(10)20(31)16(12)19(14)30/h8,10,13,18,30-31,34,36H,6-7,9,27H2,1-5H3,(H2,28,35)/t10-,13-,18?,26-/m0/s1. The molecule has 4 rings (SSSR count). The van der Waals surface area contributed by atoms with Gasteiger partial charge >= 0.3 is 0 Å². The van der Waals surface area contributed by atoms with Crippen LogP contribution in [0.25, 0.3) is 5.76 Å². The minimum atomic E-state index is -2.65. The molecule has 0 bridgehead atoms. The van der Waals surface area contributed by atoms with Crippen LogP contribution in [0.3, 0.4) is 0 Å². The highest BCUT2D eigenvalue weighted by Gasteiger charge is 2.64. The molecule has 1 aromatic carbocycles. The van der Waals surface area contributed by atoms with Gasteiger partial charge in [0.1, 0.15) is 22.8 Å². The van der Waals surface area contributed by atoms with Crippen LogP contribution in [0.4, 0.5) is 0 Å². The lowest BCUT2D eigenvalue weighted by Gasteiger charge is -2.50. The molecule has 0 saturated heterocycles. The summed E-state index contributed by atoms with van der Waals surface area (Å²) in [6, 6.07) is 0.682. The Morgan fingerprint density at radius 3 is 2.31 bits per heavy atom. The van der Waals surface area contributed by atoms with Crippen molar-refractivity contribution >= 4 is 23.2 Å². The summed E-state index contributed by atoms with van der Waals surface area (Å²) in [7, 11) is 3.12. The number of hydrogen-bond donors (Lipinski definition) is 6. The van der Waals surface area contributed by atoms with Gasteiger partial charge in [-0.3, -0.25) is 19.3 Å². The molecule has 0 spiro atoms. The third-order valence-corrected chi connectivity index (χ3v) is 7.84. The predicted molar refractivity (Wildman–Crippen MR) is 131 cm³/mol. The molecule has 0 heterocycles. The molecule has 1 fully saturated rings. The molecule has 3 aliphatic carbocycles. The summed E-state index contributed by atoms with van der Waals surface area (Å²) in [6.45, 7) is 5.79. The molecule has 4 atom stereocenters. The number of fused-ring (bicyclic) bond motifs is 3. The molecule has 1 unspecified atom stereocenters. The van der Waals surface area contributed by atoms with Gasteiger partial charge in [-0.1, -0.05) is 20.8 Å². The van der Waals surface area contributed by atoms with E-state index in [4.69, 9.17) is 11.5 Å². The average molecular weight is 500 g/mol. The number of carbonyl (C=O) groups excluding carboxylic acids is 3. The number of amides is 1. The molecule has 1 saturated carbocycles. The Bertz CT molecular complexity index is 1270. The first-order valence-electron chi connectivity index (χ1n) is 11.8. The number of likely N-dealkylation sites (N-methyl/N-ethyl adjacent to an activating group) is 1. The number of Topliss-reactive ketones (excluding diaryl/α,β-unsaturated/α-hetero) is 2. The van der Waals surface area contributed by atoms with E-state index in [-0.39, 0.29) is 36.3 Å². The zero-order valence-corrected chi connectivity index (χ0v) is 21.0. The SMILES string of the molecule is CN(C)C1C(=O)C(C(N)=O)=C(O)[C@@]2(O)C(=O)C3=C(O)c4c(O)c(C(C)(C)C)cc(CN)c4C[C@H]3C[C@@H]12. The molecule has 0 aromatic heterocycles. The van der Waals surface area contributed by atoms with Crippen molar-refractivity contribution in [1.29, 1.82) is 0 Å². The quantitative estimate of drug-likeness (QED) is 0.326. The van der Waals surface area contributed by atoms with Crippen molar-refractivity contribution in [3.05, 3.63) is 45.2 Å². The van der Waals surface area contributed by atoms with E-state index in [2.05, 4.69) is 0 Å². The molecule has 194 valence electrons. The minimum absolute atomic E-state index is 0.0392. The normalized spacial score (nSPS) is 28.3. The zero-order chi connectivity index (χ0) is 27.1. The summed E-state index contributed by atoms with van der Waals surface area (Å²) < 4.78 is 0. The van der Waals surface area contributed by atoms with E-state index in [1.807, 2.05) is 20.8 Å². The number of phenolic OH excluding ortho intramolecular Hbond substituents is 1. The monoisotopic (exact) mass is 499 g/mol. The molecule has 1 aromatic rings. The minimum Gasteiger partial charge on any atom is -0.508 e. The first kappa shape index (κ1) is 25.9. The molecular formula is C26H33N3O7. The van der Waals surface area contributed by atoms with Crippen LogP contribution in [0.2, 0.25) is 0 Å². The lowest BCUT2D eigenvalue weighted by atomic mass is 9.57. The summed E-state index contributed by atoms with van der Waals surface area (Å²) in [5.41, 5.74) is 9.09. The number of hydrogen-bond acceptors (Lipinski definition) is 9. The van der Waals surface area contributed by atoms with Crippen molar-refractivity contribution in [1.82, 2.24) is 4.90 Å². The Morgan fingerprint density at radius 2 is 1.81 bits per heavy atom. The second-order valence-corrected chi connectivity index (χ2v) is 11.2. The van der Waals surface area contributed by atoms with Gasteiger partial charge in [0.25, 0.3) is 5.91 Å². The molecule has 0 radical (unpaired) electrons. The summed E-state index contributed by atoms with van der Waals surface area (Å²) in [4.78, 5) is 40.5. The predicted octanol–water partition coefficient (Wildman–Crippen LogP) is 0.720. The second-order valence-electron chi connectivity index (χ2n) is 11.2. The van der Waals surface area contributed by atoms with Gasteiger partial charge in [0, 0.05) is 23.6 Å². The number of phenols is 1. The molecule has 10 nitrogen and oxygen atoms in total. The number of aliphatic hydroxyl groups is 3. The van der Waals surface area contributed by atoms with Crippen LogP contribution in [-0.4, -0.2) is 68.5 Å². The van der Waals surface area contributed by atoms with E-state index in [1.165, 1.54) is 4.90 Å². The fraction of sp³-hybridized carbons (Fsp3) is 0.500. The Hall–Kier alpha value is -3.21. The summed E-state index contributed by atoms with van der Waals surface area (Å²) in [5.74, 6) is -6.62. The fourth-order valence-electron chi connectivity index (χ4n) is 6.14. The summed E-state index contributed by atoms with van der Waals surface area (Å²) in [6.07, 6.45) is 0.261. The van der Waals surface area contributed by atoms with Crippen molar-refractivity contribution in [3.8, 4) is 5.75 Å². The van der Waals surface area contributed by atoms with E-state index in [0.717, 1.165) is 0 Å². The fourth-order valence-corrected chi connectivity index (χ4v) is 6.14. The number of nitrogens with two attached hydrogens (primary N) is 2. The van der Waals surface area contributed by atoms with E-state index in [0.29, 0.717) is 16.7 Å². The maximum atomic E-state index is 13.9. The van der Waals surface area contributed by atoms with Crippen LogP contribution < -0.4 is 11.5 Å². The van der Waals surface area contributed by atoms with Crippen LogP contribution in [0.1, 0.15) is 49.4 Å². The van der Waals surface area contributed by atoms with Gasteiger partial charge in [0.2, 0.25) is 5.78 Å². The number of primary amides is 1. The Balaban J connectivity index is 2.02. The number of aromatic hydroxyl groups is 1. The van der Waals surface area contributed by atoms with Gasteiger partial charge < -0.3 is 31.9 Å². The van der Waals surface area contributed by atoms with E-state index < -0.39 is 63.5 Å². The van der Waals surface area contributed by atoms with Gasteiger partial charge in [0.05, 0.1) is 11.6 Å². The maximum absolute atomic E-state index is 13.9. The molecule has 36 heavy (non-hydrogen) atoms. The highest BCUT2D eigenvalue weighted by molar-refractivity contribution is 6.24. The number of rotatable bonds is 3. The lowest BCUT2D eigenvalue weighted by molar-refractivity contribution is -0.153. The van der Waals surface area contributed by atoms with E-state index in [1.54, 1.807) is 20.2 Å². The van der Waals surface area contributed by atoms with Gasteiger partial charge in [-0.15, -0.1) is 0 Å². The van der Waals surface area contributed by atoms with E-state index >= 15 is 0 Å². The smallest absolute Gasteiger partial charge is 0.255 e. The van der Waals surface area contributed by atoms with Crippen molar-refractivity contribution < 1.29 is 34.8 Å². The van der Waals surface area contributed by atoms with Crippen LogP contribution >= 0.6 is 0 Å². The first-order chi connectivity index (χ1) is 16.6. The third-order valence-electron chi connectivity index (χ3n) is 7.84. The van der Waals surface area contributed by atoms with Crippen LogP contribution in [0.5, 0.6) is 5.75 Å². The Kier molecular flexibility index (Phi) is 5.86. The topological polar surface area (TPSA) is 187 Å². The van der Waals surface area contributed by atoms with Gasteiger partial charge in [-0.25, -0.2) is 0 Å². The van der Waals surface area contributed by atoms with Crippen LogP contribution in [0.15, 0.2) is 23.0 Å². The molecule has 10 heteroatoms. The van der Waals surface area contributed by atoms with Gasteiger partial charge in [-0.05, 0) is 55.5 Å². The summed E-state index contributed by atoms with van der Waals surface area (Å²) >= 11 is 0. The van der Waals surface area contributed by atoms with Crippen molar-refractivity contribution in [2.24, 2.45) is 23.3 Å². The number of benzene rings is 1. The first-order valence-corrected chi connectivity index (χ1v) is 11.8. The zero-order valence-electron chi connectivity index (χ0n) is 21.0. The van der Waals surface area contributed by atoms with Crippen LogP contribution in [0, 0.1) is 11.8 Å². The highest BCUT2D eigenvalue weighted by Crippen LogP contribution is 2.53. The maximum Gasteiger partial charge on any atom is 0.255 e. The lowest BCUT2D eigenvalue weighted by Crippen LogP contribution is -2.65. The second kappa shape index (κ2) is 8.16. The van der Waals surface area contributed by atoms with Gasteiger partial charge in [0.15, 0.2) is 11.4 Å². The Morgan fingerprint density at radius 1 is 1.19 bits per heavy atom. The molecule has 0 aliphatic heterocycles. The van der Waals surface area contributed by atoms with E-state index in [9.17, 15) is 34.8 Å². The number of carbonyl (C=O) groups is 3. The Labute approximate surface area is 208 Å². The number of nitrogens with zero attached hydrogens (tertiary/aromatic N) is 1. The van der Waals surface area contributed by atoms with Crippen LogP contribution in [-0.2, 0) is 32.8 Å². The summed E-state index contributed by atoms with van der Waals surface area (Å²) in [5, 5.41) is 45.1. The molecule has 8 N–H and O–H groups in total. The molecule has 3 aliphatic rings. The largest absolute Gasteiger partial charge is 0.508 e. The van der Waals surface area contributed by atoms with Crippen molar-refractivity contribution in [2.75, 3.05) is 14.1 Å². The van der Waals surface area contributed by atoms with Crippen molar-refractivity contribution in [2.45, 2.75) is 57.2 Å².